The van der Waals surface area contributed by atoms with Crippen LogP contribution in [0.15, 0.2) is 57.9 Å². The van der Waals surface area contributed by atoms with E-state index >= 15 is 4.39 Å². The summed E-state index contributed by atoms with van der Waals surface area (Å²) in [6, 6.07) is 14.3. The van der Waals surface area contributed by atoms with Gasteiger partial charge in [0.2, 0.25) is 0 Å². The average Bonchev–Trinajstić information content (AvgIpc) is 3.27. The van der Waals surface area contributed by atoms with E-state index in [-0.39, 0.29) is 29.6 Å². The highest BCUT2D eigenvalue weighted by molar-refractivity contribution is 9.10. The van der Waals surface area contributed by atoms with E-state index in [1.54, 1.807) is 22.9 Å². The van der Waals surface area contributed by atoms with Crippen molar-refractivity contribution in [1.82, 2.24) is 14.1 Å². The second-order valence-corrected chi connectivity index (χ2v) is 26.0. The molecule has 0 atom stereocenters. The normalized spacial score (nSPS) is 12.7. The fraction of sp³-hybridized carbons (Fsp3) is 0.375. The summed E-state index contributed by atoms with van der Waals surface area (Å²) >= 11 is 10.2. The van der Waals surface area contributed by atoms with Crippen LogP contribution in [0.1, 0.15) is 0 Å². The number of aromatic nitrogens is 3. The second kappa shape index (κ2) is 12.6. The number of fused-ring (bicyclic) bond motifs is 6. The van der Waals surface area contributed by atoms with Crippen LogP contribution in [0.2, 0.25) is 56.4 Å². The van der Waals surface area contributed by atoms with Crippen LogP contribution in [-0.4, -0.2) is 43.5 Å². The third-order valence-corrected chi connectivity index (χ3v) is 11.7. The predicted molar refractivity (Wildman–Crippen MR) is 185 cm³/mol. The van der Waals surface area contributed by atoms with E-state index in [1.807, 2.05) is 28.8 Å². The van der Waals surface area contributed by atoms with E-state index < -0.39 is 22.0 Å². The molecule has 5 rings (SSSR count). The summed E-state index contributed by atoms with van der Waals surface area (Å²) in [5.74, 6) is -0.109. The van der Waals surface area contributed by atoms with Gasteiger partial charge in [-0.25, -0.2) is 9.37 Å². The van der Waals surface area contributed by atoms with Gasteiger partial charge in [-0.15, -0.1) is 0 Å². The zero-order valence-electron chi connectivity index (χ0n) is 25.6. The van der Waals surface area contributed by atoms with Crippen molar-refractivity contribution in [2.75, 3.05) is 13.2 Å². The lowest BCUT2D eigenvalue weighted by Crippen LogP contribution is -2.24. The Morgan fingerprint density at radius 3 is 2.23 bits per heavy atom. The minimum atomic E-state index is -1.34. The highest BCUT2D eigenvalue weighted by Crippen LogP contribution is 2.39. The molecule has 0 N–H and O–H groups in total. The zero-order valence-corrected chi connectivity index (χ0v) is 29.9. The molecule has 43 heavy (non-hydrogen) atoms. The SMILES string of the molecule is C[Si](C)(C)CCOCn1ccc2c(c1=O)c1cc(Br)ccc1c1nc(-c3c(F)cccc3Cl)n(COCC[Si](C)(C)C)c21. The molecule has 0 saturated heterocycles. The van der Waals surface area contributed by atoms with Crippen molar-refractivity contribution in [2.24, 2.45) is 0 Å². The molecular formula is C32H38BrClFN3O3Si2. The standard InChI is InChI=1S/C32H38BrClFN3O3Si2/c1-42(2,3)16-14-40-19-37-13-12-23-27(32(37)39)24-18-21(33)10-11-22(24)29-30(23)38(20-41-15-17-43(4,5)6)31(36-29)28-25(34)8-7-9-26(28)35/h7-13,18H,14-17,19-20H2,1-6H3. The van der Waals surface area contributed by atoms with Crippen LogP contribution in [0.5, 0.6) is 0 Å². The van der Waals surface area contributed by atoms with E-state index in [0.29, 0.717) is 40.8 Å². The first-order valence-corrected chi connectivity index (χ1v) is 23.1. The van der Waals surface area contributed by atoms with Crippen LogP contribution in [0.3, 0.4) is 0 Å². The summed E-state index contributed by atoms with van der Waals surface area (Å²) in [4.78, 5) is 19.1. The Balaban J connectivity index is 1.75. The first-order chi connectivity index (χ1) is 20.2. The molecule has 0 radical (unpaired) electrons. The van der Waals surface area contributed by atoms with Gasteiger partial charge in [0, 0.05) is 50.8 Å². The third kappa shape index (κ3) is 6.99. The maximum atomic E-state index is 15.4. The molecule has 0 aliphatic heterocycles. The summed E-state index contributed by atoms with van der Waals surface area (Å²) in [6.07, 6.45) is 1.77. The number of pyridine rings is 1. The number of benzene rings is 3. The number of nitrogens with zero attached hydrogens (tertiary/aromatic N) is 3. The molecule has 5 aromatic rings. The van der Waals surface area contributed by atoms with Gasteiger partial charge in [0.1, 0.15) is 25.1 Å². The molecule has 2 aromatic heterocycles. The Hall–Kier alpha value is -2.35. The number of ether oxygens (including phenoxy) is 2. The van der Waals surface area contributed by atoms with Gasteiger partial charge in [-0.05, 0) is 47.8 Å². The Kier molecular flexibility index (Phi) is 9.37. The van der Waals surface area contributed by atoms with Crippen molar-refractivity contribution in [2.45, 2.75) is 64.8 Å². The van der Waals surface area contributed by atoms with Crippen molar-refractivity contribution < 1.29 is 13.9 Å². The summed E-state index contributed by atoms with van der Waals surface area (Å²) in [6.45, 7) is 15.3. The number of rotatable bonds is 11. The monoisotopic (exact) mass is 701 g/mol. The van der Waals surface area contributed by atoms with E-state index in [1.165, 1.54) is 6.07 Å². The van der Waals surface area contributed by atoms with Crippen molar-refractivity contribution >= 4 is 76.3 Å². The largest absolute Gasteiger partial charge is 0.361 e. The number of halogens is 3. The topological polar surface area (TPSA) is 58.3 Å². The van der Waals surface area contributed by atoms with E-state index in [9.17, 15) is 4.79 Å². The molecule has 0 fully saturated rings. The average molecular weight is 703 g/mol. The van der Waals surface area contributed by atoms with Crippen LogP contribution < -0.4 is 5.56 Å². The first kappa shape index (κ1) is 32.1. The highest BCUT2D eigenvalue weighted by Gasteiger charge is 2.24. The van der Waals surface area contributed by atoms with Crippen LogP contribution in [0.25, 0.3) is 44.0 Å². The van der Waals surface area contributed by atoms with Gasteiger partial charge in [-0.1, -0.05) is 78.9 Å². The fourth-order valence-corrected chi connectivity index (χ4v) is 7.20. The molecule has 0 unspecified atom stereocenters. The Labute approximate surface area is 266 Å². The lowest BCUT2D eigenvalue weighted by atomic mass is 10.0. The molecule has 3 aromatic carbocycles. The molecule has 228 valence electrons. The van der Waals surface area contributed by atoms with Gasteiger partial charge >= 0.3 is 0 Å². The van der Waals surface area contributed by atoms with Crippen molar-refractivity contribution in [3.8, 4) is 11.4 Å². The van der Waals surface area contributed by atoms with Crippen molar-refractivity contribution in [1.29, 1.82) is 0 Å². The zero-order chi connectivity index (χ0) is 31.1. The van der Waals surface area contributed by atoms with Crippen LogP contribution in [0.4, 0.5) is 4.39 Å². The molecule has 0 spiro atoms. The van der Waals surface area contributed by atoms with Gasteiger partial charge in [0.25, 0.3) is 5.56 Å². The molecule has 0 bridgehead atoms. The van der Waals surface area contributed by atoms with Gasteiger partial charge < -0.3 is 9.47 Å². The molecule has 2 heterocycles. The number of hydrogen-bond acceptors (Lipinski definition) is 4. The van der Waals surface area contributed by atoms with Gasteiger partial charge in [-0.3, -0.25) is 13.9 Å². The minimum Gasteiger partial charge on any atom is -0.361 e. The summed E-state index contributed by atoms with van der Waals surface area (Å²) < 4.78 is 31.8. The smallest absolute Gasteiger partial charge is 0.261 e. The molecule has 0 saturated carbocycles. The Morgan fingerprint density at radius 1 is 0.907 bits per heavy atom. The van der Waals surface area contributed by atoms with Crippen LogP contribution in [-0.2, 0) is 22.9 Å². The quantitative estimate of drug-likeness (QED) is 0.0782. The molecule has 0 aliphatic carbocycles. The third-order valence-electron chi connectivity index (χ3n) is 7.52. The predicted octanol–water partition coefficient (Wildman–Crippen LogP) is 9.35. The maximum absolute atomic E-state index is 15.4. The number of hydrogen-bond donors (Lipinski definition) is 0. The van der Waals surface area contributed by atoms with Crippen molar-refractivity contribution in [3.05, 3.63) is 74.3 Å². The molecular weight excluding hydrogens is 665 g/mol. The van der Waals surface area contributed by atoms with Crippen LogP contribution in [0, 0.1) is 5.82 Å². The van der Waals surface area contributed by atoms with E-state index in [4.69, 9.17) is 26.1 Å². The van der Waals surface area contributed by atoms with Gasteiger partial charge in [-0.2, -0.15) is 0 Å². The lowest BCUT2D eigenvalue weighted by Gasteiger charge is -2.18. The Morgan fingerprint density at radius 2 is 1.58 bits per heavy atom. The first-order valence-electron chi connectivity index (χ1n) is 14.5. The molecule has 0 aliphatic rings. The summed E-state index contributed by atoms with van der Waals surface area (Å²) in [7, 11) is -2.61. The summed E-state index contributed by atoms with van der Waals surface area (Å²) in [5.41, 5.74) is 1.41. The number of imidazole rings is 1. The fourth-order valence-electron chi connectivity index (χ4n) is 5.08. The minimum absolute atomic E-state index is 0.140. The van der Waals surface area contributed by atoms with Crippen molar-refractivity contribution in [3.63, 3.8) is 0 Å². The molecule has 11 heteroatoms. The lowest BCUT2D eigenvalue weighted by molar-refractivity contribution is 0.0851. The molecule has 0 amide bonds. The van der Waals surface area contributed by atoms with Gasteiger partial charge in [0.05, 0.1) is 27.0 Å². The Bertz CT molecular complexity index is 1860. The summed E-state index contributed by atoms with van der Waals surface area (Å²) in [5, 5.41) is 3.06. The van der Waals surface area contributed by atoms with E-state index in [0.717, 1.165) is 27.3 Å². The van der Waals surface area contributed by atoms with Crippen LogP contribution >= 0.6 is 27.5 Å². The van der Waals surface area contributed by atoms with E-state index in [2.05, 4.69) is 55.2 Å². The second-order valence-electron chi connectivity index (χ2n) is 13.4. The molecule has 6 nitrogen and oxygen atoms in total. The van der Waals surface area contributed by atoms with Gasteiger partial charge in [0.15, 0.2) is 0 Å². The maximum Gasteiger partial charge on any atom is 0.261 e. The highest BCUT2D eigenvalue weighted by atomic mass is 79.9.